The molecule has 1 aromatic carbocycles. The van der Waals surface area contributed by atoms with Crippen molar-refractivity contribution in [3.05, 3.63) is 63.7 Å². The van der Waals surface area contributed by atoms with Crippen molar-refractivity contribution in [1.82, 2.24) is 14.5 Å². The number of amides is 1. The van der Waals surface area contributed by atoms with Crippen molar-refractivity contribution in [2.24, 2.45) is 5.92 Å². The molecular formula is C18H17ClN4O2. The van der Waals surface area contributed by atoms with E-state index in [0.29, 0.717) is 28.4 Å². The van der Waals surface area contributed by atoms with Gasteiger partial charge in [-0.25, -0.2) is 9.97 Å². The average Bonchev–Trinajstić information content (AvgIpc) is 2.57. The predicted octanol–water partition coefficient (Wildman–Crippen LogP) is 3.35. The Labute approximate surface area is 149 Å². The summed E-state index contributed by atoms with van der Waals surface area (Å²) in [6.07, 6.45) is 1.60. The summed E-state index contributed by atoms with van der Waals surface area (Å²) in [5.74, 6) is -0.357. The number of carbonyl (C=O) groups is 1. The van der Waals surface area contributed by atoms with Gasteiger partial charge in [-0.15, -0.1) is 0 Å². The summed E-state index contributed by atoms with van der Waals surface area (Å²) in [5.41, 5.74) is 0.848. The topological polar surface area (TPSA) is 76.9 Å². The van der Waals surface area contributed by atoms with Crippen LogP contribution in [0.3, 0.4) is 0 Å². The second-order valence-electron chi connectivity index (χ2n) is 6.08. The van der Waals surface area contributed by atoms with Gasteiger partial charge in [-0.3, -0.25) is 14.2 Å². The van der Waals surface area contributed by atoms with Gasteiger partial charge in [0, 0.05) is 23.5 Å². The molecule has 0 aliphatic carbocycles. The Morgan fingerprint density at radius 2 is 2.08 bits per heavy atom. The Kier molecular flexibility index (Phi) is 4.81. The van der Waals surface area contributed by atoms with Gasteiger partial charge in [0.2, 0.25) is 0 Å². The summed E-state index contributed by atoms with van der Waals surface area (Å²) < 4.78 is 1.50. The molecule has 0 bridgehead atoms. The van der Waals surface area contributed by atoms with Gasteiger partial charge < -0.3 is 5.32 Å². The summed E-state index contributed by atoms with van der Waals surface area (Å²) in [6.45, 7) is 4.44. The molecule has 0 fully saturated rings. The molecular weight excluding hydrogens is 340 g/mol. The molecule has 3 rings (SSSR count). The molecule has 2 heterocycles. The number of anilines is 1. The molecule has 1 N–H and O–H groups in total. The monoisotopic (exact) mass is 356 g/mol. The predicted molar refractivity (Wildman–Crippen MR) is 98.0 cm³/mol. The summed E-state index contributed by atoms with van der Waals surface area (Å²) >= 11 is 5.93. The lowest BCUT2D eigenvalue weighted by molar-refractivity contribution is 0.102. The highest BCUT2D eigenvalue weighted by Gasteiger charge is 2.19. The molecule has 0 saturated carbocycles. The van der Waals surface area contributed by atoms with Crippen molar-refractivity contribution < 1.29 is 4.79 Å². The number of halogens is 1. The molecule has 0 unspecified atom stereocenters. The van der Waals surface area contributed by atoms with Crippen molar-refractivity contribution in [1.29, 1.82) is 0 Å². The lowest BCUT2D eigenvalue weighted by Crippen LogP contribution is -2.32. The zero-order valence-corrected chi connectivity index (χ0v) is 14.6. The number of fused-ring (bicyclic) bond motifs is 1. The van der Waals surface area contributed by atoms with E-state index in [-0.39, 0.29) is 11.6 Å². The molecule has 0 aliphatic rings. The Hall–Kier alpha value is -2.73. The number of benzene rings is 1. The van der Waals surface area contributed by atoms with Crippen molar-refractivity contribution >= 4 is 34.4 Å². The first-order chi connectivity index (χ1) is 12.0. The van der Waals surface area contributed by atoms with E-state index in [1.54, 1.807) is 42.6 Å². The molecule has 2 aromatic heterocycles. The van der Waals surface area contributed by atoms with E-state index in [2.05, 4.69) is 15.3 Å². The normalized spacial score (nSPS) is 11.0. The van der Waals surface area contributed by atoms with Crippen LogP contribution in [-0.2, 0) is 6.54 Å². The Bertz CT molecular complexity index is 998. The maximum absolute atomic E-state index is 12.8. The van der Waals surface area contributed by atoms with Gasteiger partial charge in [0.1, 0.15) is 5.52 Å². The van der Waals surface area contributed by atoms with Crippen LogP contribution in [0.15, 0.2) is 47.4 Å². The number of carbonyl (C=O) groups excluding carboxylic acids is 1. The lowest BCUT2D eigenvalue weighted by atomic mass is 10.2. The van der Waals surface area contributed by atoms with Crippen LogP contribution in [0.25, 0.3) is 11.2 Å². The van der Waals surface area contributed by atoms with Crippen LogP contribution in [-0.4, -0.2) is 20.4 Å². The SMILES string of the molecule is CC(C)Cn1c(=O)c(C(=O)Nc2cccc(Cl)c2)nc2cccnc21. The van der Waals surface area contributed by atoms with Gasteiger partial charge >= 0.3 is 0 Å². The van der Waals surface area contributed by atoms with Gasteiger partial charge in [0.15, 0.2) is 11.3 Å². The van der Waals surface area contributed by atoms with Crippen molar-refractivity contribution in [3.8, 4) is 0 Å². The summed E-state index contributed by atoms with van der Waals surface area (Å²) in [5, 5.41) is 3.16. The summed E-state index contributed by atoms with van der Waals surface area (Å²) in [7, 11) is 0. The smallest absolute Gasteiger partial charge is 0.283 e. The fraction of sp³-hybridized carbons (Fsp3) is 0.222. The second-order valence-corrected chi connectivity index (χ2v) is 6.52. The number of hydrogen-bond donors (Lipinski definition) is 1. The number of rotatable bonds is 4. The Balaban J connectivity index is 2.08. The van der Waals surface area contributed by atoms with E-state index < -0.39 is 11.5 Å². The third kappa shape index (κ3) is 3.69. The van der Waals surface area contributed by atoms with Crippen molar-refractivity contribution in [2.75, 3.05) is 5.32 Å². The van der Waals surface area contributed by atoms with Crippen LogP contribution >= 0.6 is 11.6 Å². The highest BCUT2D eigenvalue weighted by atomic mass is 35.5. The van der Waals surface area contributed by atoms with Crippen LogP contribution in [0.2, 0.25) is 5.02 Å². The fourth-order valence-electron chi connectivity index (χ4n) is 2.51. The molecule has 6 nitrogen and oxygen atoms in total. The maximum Gasteiger partial charge on any atom is 0.283 e. The van der Waals surface area contributed by atoms with Crippen LogP contribution in [0.4, 0.5) is 5.69 Å². The minimum Gasteiger partial charge on any atom is -0.320 e. The van der Waals surface area contributed by atoms with Crippen LogP contribution in [0, 0.1) is 5.92 Å². The van der Waals surface area contributed by atoms with Gasteiger partial charge in [-0.1, -0.05) is 31.5 Å². The van der Waals surface area contributed by atoms with Crippen molar-refractivity contribution in [3.63, 3.8) is 0 Å². The second kappa shape index (κ2) is 7.03. The molecule has 0 radical (unpaired) electrons. The first kappa shape index (κ1) is 17.1. The number of nitrogens with one attached hydrogen (secondary N) is 1. The third-order valence-corrected chi connectivity index (χ3v) is 3.78. The molecule has 3 aromatic rings. The van der Waals surface area contributed by atoms with Gasteiger partial charge in [0.05, 0.1) is 0 Å². The molecule has 0 atom stereocenters. The first-order valence-corrected chi connectivity index (χ1v) is 8.26. The number of nitrogens with zero attached hydrogens (tertiary/aromatic N) is 3. The molecule has 0 aliphatic heterocycles. The van der Waals surface area contributed by atoms with Gasteiger partial charge in [0.25, 0.3) is 11.5 Å². The van der Waals surface area contributed by atoms with E-state index in [1.807, 2.05) is 13.8 Å². The molecule has 0 spiro atoms. The molecule has 1 amide bonds. The molecule has 128 valence electrons. The quantitative estimate of drug-likeness (QED) is 0.777. The Morgan fingerprint density at radius 1 is 1.28 bits per heavy atom. The van der Waals surface area contributed by atoms with Crippen LogP contribution in [0.5, 0.6) is 0 Å². The fourth-order valence-corrected chi connectivity index (χ4v) is 2.71. The zero-order valence-electron chi connectivity index (χ0n) is 13.9. The molecule has 25 heavy (non-hydrogen) atoms. The number of pyridine rings is 1. The maximum atomic E-state index is 12.8. The number of aromatic nitrogens is 3. The van der Waals surface area contributed by atoms with Gasteiger partial charge in [-0.05, 0) is 36.2 Å². The van der Waals surface area contributed by atoms with Crippen molar-refractivity contribution in [2.45, 2.75) is 20.4 Å². The zero-order chi connectivity index (χ0) is 18.0. The molecule has 7 heteroatoms. The highest BCUT2D eigenvalue weighted by Crippen LogP contribution is 2.16. The standard InChI is InChI=1S/C18H17ClN4O2/c1-11(2)10-23-16-14(7-4-8-20-16)22-15(18(23)25)17(24)21-13-6-3-5-12(19)9-13/h3-9,11H,10H2,1-2H3,(H,21,24). The van der Waals surface area contributed by atoms with Gasteiger partial charge in [-0.2, -0.15) is 0 Å². The largest absolute Gasteiger partial charge is 0.320 e. The Morgan fingerprint density at radius 3 is 2.80 bits per heavy atom. The molecule has 0 saturated heterocycles. The van der Waals surface area contributed by atoms with E-state index >= 15 is 0 Å². The van der Waals surface area contributed by atoms with E-state index in [1.165, 1.54) is 4.57 Å². The number of hydrogen-bond acceptors (Lipinski definition) is 4. The van der Waals surface area contributed by atoms with E-state index in [9.17, 15) is 9.59 Å². The highest BCUT2D eigenvalue weighted by molar-refractivity contribution is 6.30. The van der Waals surface area contributed by atoms with E-state index in [4.69, 9.17) is 11.6 Å². The van der Waals surface area contributed by atoms with Crippen LogP contribution in [0.1, 0.15) is 24.3 Å². The lowest BCUT2D eigenvalue weighted by Gasteiger charge is -2.13. The summed E-state index contributed by atoms with van der Waals surface area (Å²) in [6, 6.07) is 10.2. The third-order valence-electron chi connectivity index (χ3n) is 3.55. The van der Waals surface area contributed by atoms with E-state index in [0.717, 1.165) is 0 Å². The minimum atomic E-state index is -0.574. The minimum absolute atomic E-state index is 0.166. The summed E-state index contributed by atoms with van der Waals surface area (Å²) in [4.78, 5) is 33.8. The first-order valence-electron chi connectivity index (χ1n) is 7.88. The average molecular weight is 357 g/mol. The van der Waals surface area contributed by atoms with Crippen LogP contribution < -0.4 is 10.9 Å².